The van der Waals surface area contributed by atoms with Gasteiger partial charge in [0.05, 0.1) is 26.4 Å². The summed E-state index contributed by atoms with van der Waals surface area (Å²) in [5.41, 5.74) is 0. The molecular formula is C24H42O21. The summed E-state index contributed by atoms with van der Waals surface area (Å²) in [6, 6.07) is 0. The van der Waals surface area contributed by atoms with Crippen LogP contribution in [0.25, 0.3) is 0 Å². The first kappa shape index (κ1) is 37.0. The van der Waals surface area contributed by atoms with Crippen molar-refractivity contribution in [2.75, 3.05) is 46.2 Å². The molecule has 0 aromatic rings. The van der Waals surface area contributed by atoms with Gasteiger partial charge >= 0.3 is 0 Å². The highest BCUT2D eigenvalue weighted by Crippen LogP contribution is 2.39. The molecule has 4 aliphatic rings. The summed E-state index contributed by atoms with van der Waals surface area (Å²) in [7, 11) is 0. The molecule has 17 unspecified atom stereocenters. The van der Waals surface area contributed by atoms with E-state index in [4.69, 9.17) is 33.2 Å². The van der Waals surface area contributed by atoms with Crippen LogP contribution in [0.1, 0.15) is 0 Å². The zero-order valence-corrected chi connectivity index (χ0v) is 23.7. The van der Waals surface area contributed by atoms with Crippen molar-refractivity contribution >= 4 is 0 Å². The van der Waals surface area contributed by atoms with Gasteiger partial charge in [-0.3, -0.25) is 0 Å². The molecule has 0 aromatic carbocycles. The summed E-state index contributed by atoms with van der Waals surface area (Å²) in [6.45, 7) is -6.37. The van der Waals surface area contributed by atoms with Crippen LogP contribution in [-0.2, 0) is 33.2 Å². The van der Waals surface area contributed by atoms with Gasteiger partial charge in [-0.05, 0) is 0 Å². The number of hydrogen-bond donors (Lipinski definition) is 14. The number of aliphatic hydroxyl groups excluding tert-OH is 14. The molecular weight excluding hydrogens is 624 g/mol. The summed E-state index contributed by atoms with van der Waals surface area (Å²) < 4.78 is 37.8. The third-order valence-corrected chi connectivity index (χ3v) is 8.51. The standard InChI is InChI=1S/C24H42O21/c25-1-8-13(31)18(36)22(5-27,42-8)40-4-11-15(33)19(37)23(6-28,44-11)39-3-10-12(30)16(34)17(35)21(41-10)45-24(7-29)20(38)14(32)9(2-26)43-24/h8-21,25-38H,1-7H2. The molecule has 45 heavy (non-hydrogen) atoms. The Morgan fingerprint density at radius 1 is 0.444 bits per heavy atom. The van der Waals surface area contributed by atoms with Crippen molar-refractivity contribution in [3.05, 3.63) is 0 Å². The third-order valence-electron chi connectivity index (χ3n) is 8.51. The highest BCUT2D eigenvalue weighted by molar-refractivity contribution is 5.01. The molecule has 0 aromatic heterocycles. The van der Waals surface area contributed by atoms with Crippen molar-refractivity contribution in [3.63, 3.8) is 0 Å². The fraction of sp³-hybridized carbons (Fsp3) is 1.00. The van der Waals surface area contributed by atoms with Crippen LogP contribution in [0.3, 0.4) is 0 Å². The van der Waals surface area contributed by atoms with Gasteiger partial charge in [0, 0.05) is 0 Å². The normalized spacial score (nSPS) is 52.1. The van der Waals surface area contributed by atoms with Crippen LogP contribution >= 0.6 is 0 Å². The smallest absolute Gasteiger partial charge is 0.224 e. The van der Waals surface area contributed by atoms with Gasteiger partial charge in [-0.2, -0.15) is 0 Å². The van der Waals surface area contributed by atoms with E-state index in [0.717, 1.165) is 0 Å². The molecule has 0 spiro atoms. The van der Waals surface area contributed by atoms with Gasteiger partial charge in [-0.25, -0.2) is 0 Å². The molecule has 17 atom stereocenters. The summed E-state index contributed by atoms with van der Waals surface area (Å²) in [5.74, 6) is -7.14. The minimum absolute atomic E-state index is 0.735. The molecule has 0 amide bonds. The summed E-state index contributed by atoms with van der Waals surface area (Å²) in [4.78, 5) is 0. The van der Waals surface area contributed by atoms with E-state index in [0.29, 0.717) is 0 Å². The third kappa shape index (κ3) is 6.49. The lowest BCUT2D eigenvalue weighted by Gasteiger charge is -2.44. The molecule has 21 heteroatoms. The molecule has 0 aliphatic carbocycles. The Morgan fingerprint density at radius 2 is 0.844 bits per heavy atom. The number of hydrogen-bond acceptors (Lipinski definition) is 21. The van der Waals surface area contributed by atoms with Crippen LogP contribution in [0, 0.1) is 0 Å². The summed E-state index contributed by atoms with van der Waals surface area (Å²) in [5, 5.41) is 142. The van der Waals surface area contributed by atoms with E-state index in [-0.39, 0.29) is 0 Å². The van der Waals surface area contributed by atoms with E-state index in [1.165, 1.54) is 0 Å². The molecule has 4 saturated heterocycles. The Hall–Kier alpha value is -0.840. The average Bonchev–Trinajstić information content (AvgIpc) is 3.55. The largest absolute Gasteiger partial charge is 0.394 e. The quantitative estimate of drug-likeness (QED) is 0.0867. The second-order valence-electron chi connectivity index (χ2n) is 11.3. The zero-order chi connectivity index (χ0) is 33.5. The lowest BCUT2D eigenvalue weighted by Crippen LogP contribution is -2.63. The van der Waals surface area contributed by atoms with Gasteiger partial charge in [-0.15, -0.1) is 0 Å². The van der Waals surface area contributed by atoms with Gasteiger partial charge in [0.2, 0.25) is 17.4 Å². The van der Waals surface area contributed by atoms with Gasteiger partial charge in [-0.1, -0.05) is 0 Å². The van der Waals surface area contributed by atoms with Crippen molar-refractivity contribution in [3.8, 4) is 0 Å². The molecule has 0 bridgehead atoms. The maximum Gasteiger partial charge on any atom is 0.224 e. The van der Waals surface area contributed by atoms with Crippen molar-refractivity contribution in [2.24, 2.45) is 0 Å². The van der Waals surface area contributed by atoms with Crippen LogP contribution in [-0.4, -0.2) is 221 Å². The summed E-state index contributed by atoms with van der Waals surface area (Å²) in [6.07, 6.45) is -24.9. The molecule has 4 fully saturated rings. The molecule has 21 nitrogen and oxygen atoms in total. The lowest BCUT2D eigenvalue weighted by molar-refractivity contribution is -0.389. The van der Waals surface area contributed by atoms with Gasteiger partial charge in [0.15, 0.2) is 6.29 Å². The SMILES string of the molecule is OCC1OC(CO)(OCC2OC(CO)(OCC3OC(OC4(CO)OC(CO)C(O)C4O)C(O)C(O)C3O)C(O)C2O)C(O)C1O. The van der Waals surface area contributed by atoms with Crippen LogP contribution in [0.2, 0.25) is 0 Å². The van der Waals surface area contributed by atoms with Crippen molar-refractivity contribution in [1.29, 1.82) is 0 Å². The molecule has 4 heterocycles. The number of aliphatic hydroxyl groups is 14. The second-order valence-corrected chi connectivity index (χ2v) is 11.3. The van der Waals surface area contributed by atoms with Crippen LogP contribution in [0.4, 0.5) is 0 Å². The topological polar surface area (TPSA) is 348 Å². The van der Waals surface area contributed by atoms with E-state index < -0.39 is 149 Å². The average molecular weight is 667 g/mol. The molecule has 4 rings (SSSR count). The molecule has 4 aliphatic heterocycles. The van der Waals surface area contributed by atoms with Crippen LogP contribution in [0.5, 0.6) is 0 Å². The molecule has 264 valence electrons. The first-order valence-corrected chi connectivity index (χ1v) is 14.0. The highest BCUT2D eigenvalue weighted by atomic mass is 16.8. The monoisotopic (exact) mass is 666 g/mol. The Labute approximate surface area is 254 Å². The number of rotatable bonds is 13. The predicted octanol–water partition coefficient (Wildman–Crippen LogP) is -9.74. The number of ether oxygens (including phenoxy) is 7. The Morgan fingerprint density at radius 3 is 1.29 bits per heavy atom. The van der Waals surface area contributed by atoms with Crippen LogP contribution < -0.4 is 0 Å². The minimum Gasteiger partial charge on any atom is -0.394 e. The first-order chi connectivity index (χ1) is 21.2. The van der Waals surface area contributed by atoms with E-state index in [1.54, 1.807) is 0 Å². The van der Waals surface area contributed by atoms with E-state index in [9.17, 15) is 71.5 Å². The lowest BCUT2D eigenvalue weighted by atomic mass is 9.98. The highest BCUT2D eigenvalue weighted by Gasteiger charge is 2.61. The maximum absolute atomic E-state index is 10.7. The Kier molecular flexibility index (Phi) is 11.8. The Bertz CT molecular complexity index is 964. The maximum atomic E-state index is 10.7. The van der Waals surface area contributed by atoms with E-state index in [1.807, 2.05) is 0 Å². The van der Waals surface area contributed by atoms with Gasteiger partial charge in [0.25, 0.3) is 0 Å². The first-order valence-electron chi connectivity index (χ1n) is 14.0. The van der Waals surface area contributed by atoms with Crippen molar-refractivity contribution in [1.82, 2.24) is 0 Å². The molecule has 0 radical (unpaired) electrons. The van der Waals surface area contributed by atoms with E-state index in [2.05, 4.69) is 0 Å². The van der Waals surface area contributed by atoms with Gasteiger partial charge in [0.1, 0.15) is 99.2 Å². The van der Waals surface area contributed by atoms with Crippen LogP contribution in [0.15, 0.2) is 0 Å². The second kappa shape index (κ2) is 14.3. The van der Waals surface area contributed by atoms with Gasteiger partial charge < -0.3 is 105 Å². The fourth-order valence-electron chi connectivity index (χ4n) is 5.65. The van der Waals surface area contributed by atoms with Crippen molar-refractivity contribution in [2.45, 2.75) is 103 Å². The predicted molar refractivity (Wildman–Crippen MR) is 134 cm³/mol. The molecule has 0 saturated carbocycles. The summed E-state index contributed by atoms with van der Waals surface area (Å²) >= 11 is 0. The Balaban J connectivity index is 1.43. The zero-order valence-electron chi connectivity index (χ0n) is 23.7. The molecule has 14 N–H and O–H groups in total. The fourth-order valence-corrected chi connectivity index (χ4v) is 5.65. The minimum atomic E-state index is -2.45. The van der Waals surface area contributed by atoms with Crippen molar-refractivity contribution < 1.29 is 105 Å². The van der Waals surface area contributed by atoms with E-state index >= 15 is 0 Å².